The van der Waals surface area contributed by atoms with Crippen LogP contribution in [0.25, 0.3) is 0 Å². The van der Waals surface area contributed by atoms with E-state index in [1.54, 1.807) is 18.5 Å². The maximum absolute atomic E-state index is 10.5. The SMILES string of the molecule is COc1cncc(CC(N)C(=O)O)c1. The van der Waals surface area contributed by atoms with Crippen molar-refractivity contribution in [2.75, 3.05) is 7.11 Å². The molecule has 0 bridgehead atoms. The largest absolute Gasteiger partial charge is 0.495 e. The van der Waals surface area contributed by atoms with E-state index in [0.717, 1.165) is 5.56 Å². The van der Waals surface area contributed by atoms with Crippen LogP contribution in [-0.2, 0) is 11.2 Å². The average molecular weight is 196 g/mol. The van der Waals surface area contributed by atoms with Gasteiger partial charge in [0.25, 0.3) is 0 Å². The Morgan fingerprint density at radius 2 is 2.43 bits per heavy atom. The highest BCUT2D eigenvalue weighted by atomic mass is 16.5. The first-order valence-corrected chi connectivity index (χ1v) is 4.10. The van der Waals surface area contributed by atoms with Gasteiger partial charge in [-0.2, -0.15) is 0 Å². The Bertz CT molecular complexity index is 328. The fourth-order valence-corrected chi connectivity index (χ4v) is 1.03. The van der Waals surface area contributed by atoms with Crippen molar-refractivity contribution in [3.8, 4) is 5.75 Å². The van der Waals surface area contributed by atoms with Gasteiger partial charge in [0.1, 0.15) is 11.8 Å². The Kier molecular flexibility index (Phi) is 3.41. The van der Waals surface area contributed by atoms with Gasteiger partial charge < -0.3 is 15.6 Å². The van der Waals surface area contributed by atoms with E-state index >= 15 is 0 Å². The van der Waals surface area contributed by atoms with Crippen LogP contribution in [0.15, 0.2) is 18.5 Å². The average Bonchev–Trinajstić information content (AvgIpc) is 2.18. The zero-order valence-electron chi connectivity index (χ0n) is 7.80. The highest BCUT2D eigenvalue weighted by molar-refractivity contribution is 5.73. The summed E-state index contributed by atoms with van der Waals surface area (Å²) in [6.45, 7) is 0. The number of carboxylic acids is 1. The number of carbonyl (C=O) groups is 1. The van der Waals surface area contributed by atoms with Crippen molar-refractivity contribution >= 4 is 5.97 Å². The van der Waals surface area contributed by atoms with Crippen LogP contribution < -0.4 is 10.5 Å². The number of carboxylic acid groups (broad SMARTS) is 1. The molecule has 0 saturated heterocycles. The van der Waals surface area contributed by atoms with E-state index in [-0.39, 0.29) is 6.42 Å². The van der Waals surface area contributed by atoms with Gasteiger partial charge in [-0.05, 0) is 18.1 Å². The molecule has 0 aromatic carbocycles. The summed E-state index contributed by atoms with van der Waals surface area (Å²) in [5, 5.41) is 8.59. The quantitative estimate of drug-likeness (QED) is 0.710. The minimum Gasteiger partial charge on any atom is -0.495 e. The molecule has 1 aromatic heterocycles. The molecule has 1 unspecified atom stereocenters. The highest BCUT2D eigenvalue weighted by Gasteiger charge is 2.12. The second kappa shape index (κ2) is 4.57. The summed E-state index contributed by atoms with van der Waals surface area (Å²) in [6.07, 6.45) is 3.38. The first-order valence-electron chi connectivity index (χ1n) is 4.10. The van der Waals surface area contributed by atoms with Gasteiger partial charge in [0.2, 0.25) is 0 Å². The van der Waals surface area contributed by atoms with Gasteiger partial charge in [-0.1, -0.05) is 0 Å². The summed E-state index contributed by atoms with van der Waals surface area (Å²) in [6, 6.07) is 0.819. The van der Waals surface area contributed by atoms with Crippen LogP contribution in [0.5, 0.6) is 5.75 Å². The van der Waals surface area contributed by atoms with Crippen LogP contribution >= 0.6 is 0 Å². The van der Waals surface area contributed by atoms with Crippen LogP contribution in [0, 0.1) is 0 Å². The number of aromatic nitrogens is 1. The minimum atomic E-state index is -1.02. The summed E-state index contributed by atoms with van der Waals surface area (Å²) >= 11 is 0. The monoisotopic (exact) mass is 196 g/mol. The van der Waals surface area contributed by atoms with Crippen LogP contribution in [0.4, 0.5) is 0 Å². The van der Waals surface area contributed by atoms with E-state index in [9.17, 15) is 4.79 Å². The van der Waals surface area contributed by atoms with Crippen molar-refractivity contribution in [3.63, 3.8) is 0 Å². The number of rotatable bonds is 4. The lowest BCUT2D eigenvalue weighted by molar-refractivity contribution is -0.138. The molecule has 5 nitrogen and oxygen atoms in total. The molecule has 1 atom stereocenters. The molecule has 1 rings (SSSR count). The molecule has 1 aromatic rings. The molecule has 0 aliphatic heterocycles. The maximum Gasteiger partial charge on any atom is 0.320 e. The first kappa shape index (κ1) is 10.5. The van der Waals surface area contributed by atoms with Gasteiger partial charge in [-0.25, -0.2) is 0 Å². The molecule has 76 valence electrons. The molecule has 0 aliphatic rings. The van der Waals surface area contributed by atoms with E-state index in [1.807, 2.05) is 0 Å². The molecule has 1 heterocycles. The van der Waals surface area contributed by atoms with Gasteiger partial charge in [-0.15, -0.1) is 0 Å². The summed E-state index contributed by atoms with van der Waals surface area (Å²) < 4.78 is 4.95. The van der Waals surface area contributed by atoms with Crippen LogP contribution in [-0.4, -0.2) is 29.2 Å². The molecule has 0 spiro atoms. The summed E-state index contributed by atoms with van der Waals surface area (Å²) in [4.78, 5) is 14.4. The molecular formula is C9H12N2O3. The number of hydrogen-bond acceptors (Lipinski definition) is 4. The fourth-order valence-electron chi connectivity index (χ4n) is 1.03. The molecule has 0 radical (unpaired) electrons. The third kappa shape index (κ3) is 2.70. The van der Waals surface area contributed by atoms with E-state index < -0.39 is 12.0 Å². The topological polar surface area (TPSA) is 85.4 Å². The van der Waals surface area contributed by atoms with Crippen molar-refractivity contribution in [2.45, 2.75) is 12.5 Å². The zero-order chi connectivity index (χ0) is 10.6. The lowest BCUT2D eigenvalue weighted by atomic mass is 10.1. The third-order valence-electron chi connectivity index (χ3n) is 1.78. The smallest absolute Gasteiger partial charge is 0.320 e. The Morgan fingerprint density at radius 1 is 1.71 bits per heavy atom. The summed E-state index contributed by atoms with van der Waals surface area (Å²) in [5.41, 5.74) is 6.12. The number of pyridine rings is 1. The van der Waals surface area contributed by atoms with Crippen molar-refractivity contribution < 1.29 is 14.6 Å². The van der Waals surface area contributed by atoms with Crippen molar-refractivity contribution in [1.82, 2.24) is 4.98 Å². The van der Waals surface area contributed by atoms with Crippen LogP contribution in [0.3, 0.4) is 0 Å². The number of aliphatic carboxylic acids is 1. The van der Waals surface area contributed by atoms with Crippen molar-refractivity contribution in [1.29, 1.82) is 0 Å². The molecule has 0 fully saturated rings. The van der Waals surface area contributed by atoms with Crippen molar-refractivity contribution in [2.24, 2.45) is 5.73 Å². The highest BCUT2D eigenvalue weighted by Crippen LogP contribution is 2.11. The van der Waals surface area contributed by atoms with Gasteiger partial charge in [0.15, 0.2) is 0 Å². The lowest BCUT2D eigenvalue weighted by Gasteiger charge is -2.06. The minimum absolute atomic E-state index is 0.250. The fraction of sp³-hybridized carbons (Fsp3) is 0.333. The number of methoxy groups -OCH3 is 1. The predicted octanol–water partition coefficient (Wildman–Crippen LogP) is 0.0446. The number of ether oxygens (including phenoxy) is 1. The predicted molar refractivity (Wildman–Crippen MR) is 50.1 cm³/mol. The summed E-state index contributed by atoms with van der Waals surface area (Å²) in [7, 11) is 1.53. The lowest BCUT2D eigenvalue weighted by Crippen LogP contribution is -2.32. The first-order chi connectivity index (χ1) is 6.63. The zero-order valence-corrected chi connectivity index (χ0v) is 7.80. The van der Waals surface area contributed by atoms with E-state index in [2.05, 4.69) is 4.98 Å². The Morgan fingerprint density at radius 3 is 3.00 bits per heavy atom. The number of nitrogens with zero attached hydrogens (tertiary/aromatic N) is 1. The Labute approximate surface area is 81.5 Å². The van der Waals surface area contributed by atoms with Crippen LogP contribution in [0.1, 0.15) is 5.56 Å². The molecule has 0 saturated carbocycles. The second-order valence-electron chi connectivity index (χ2n) is 2.88. The number of hydrogen-bond donors (Lipinski definition) is 2. The maximum atomic E-state index is 10.5. The number of nitrogens with two attached hydrogens (primary N) is 1. The molecule has 0 aliphatic carbocycles. The van der Waals surface area contributed by atoms with E-state index in [1.165, 1.54) is 7.11 Å². The van der Waals surface area contributed by atoms with Gasteiger partial charge in [-0.3, -0.25) is 9.78 Å². The van der Waals surface area contributed by atoms with E-state index in [0.29, 0.717) is 5.75 Å². The van der Waals surface area contributed by atoms with Crippen LogP contribution in [0.2, 0.25) is 0 Å². The van der Waals surface area contributed by atoms with Gasteiger partial charge in [0, 0.05) is 6.20 Å². The third-order valence-corrected chi connectivity index (χ3v) is 1.78. The Balaban J connectivity index is 2.71. The van der Waals surface area contributed by atoms with Crippen molar-refractivity contribution in [3.05, 3.63) is 24.0 Å². The standard InChI is InChI=1S/C9H12N2O3/c1-14-7-2-6(4-11-5-7)3-8(10)9(12)13/h2,4-5,8H,3,10H2,1H3,(H,12,13). The molecule has 14 heavy (non-hydrogen) atoms. The molecule has 0 amide bonds. The second-order valence-corrected chi connectivity index (χ2v) is 2.88. The normalized spacial score (nSPS) is 12.1. The molecule has 3 N–H and O–H groups in total. The molecular weight excluding hydrogens is 184 g/mol. The van der Waals surface area contributed by atoms with Gasteiger partial charge in [0.05, 0.1) is 13.3 Å². The summed E-state index contributed by atoms with van der Waals surface area (Å²) in [5.74, 6) is -0.423. The Hall–Kier alpha value is -1.62. The molecule has 5 heteroatoms. The van der Waals surface area contributed by atoms with E-state index in [4.69, 9.17) is 15.6 Å². The van der Waals surface area contributed by atoms with Gasteiger partial charge >= 0.3 is 5.97 Å².